The van der Waals surface area contributed by atoms with Crippen LogP contribution in [0.5, 0.6) is 5.75 Å². The number of phenolic OH excluding ortho intramolecular Hbond substituents is 1. The molecule has 1 rings (SSSR count). The van der Waals surface area contributed by atoms with Crippen molar-refractivity contribution in [3.05, 3.63) is 27.7 Å². The van der Waals surface area contributed by atoms with E-state index in [0.29, 0.717) is 6.07 Å². The first-order valence-corrected chi connectivity index (χ1v) is 5.49. The largest absolute Gasteiger partial charge is 0.508 e. The fourth-order valence-electron chi connectivity index (χ4n) is 1.42. The van der Waals surface area contributed by atoms with E-state index in [1.54, 1.807) is 0 Å². The number of nitrogens with two attached hydrogens (primary N) is 1. The number of aromatic hydroxyl groups is 1. The van der Waals surface area contributed by atoms with Gasteiger partial charge in [-0.25, -0.2) is 0 Å². The van der Waals surface area contributed by atoms with Crippen LogP contribution in [-0.4, -0.2) is 16.2 Å². The molecule has 8 heteroatoms. The van der Waals surface area contributed by atoms with Gasteiger partial charge in [0.1, 0.15) is 5.75 Å². The minimum Gasteiger partial charge on any atom is -0.508 e. The maximum atomic E-state index is 12.4. The van der Waals surface area contributed by atoms with Crippen LogP contribution in [0.15, 0.2) is 16.6 Å². The first-order chi connectivity index (χ1) is 8.12. The summed E-state index contributed by atoms with van der Waals surface area (Å²) in [5, 5.41) is 18.1. The number of hydrogen-bond donors (Lipinski definition) is 3. The minimum absolute atomic E-state index is 0.0644. The van der Waals surface area contributed by atoms with Gasteiger partial charge in [-0.15, -0.1) is 0 Å². The van der Waals surface area contributed by atoms with Crippen molar-refractivity contribution >= 4 is 21.9 Å². The van der Waals surface area contributed by atoms with E-state index in [1.165, 1.54) is 0 Å². The van der Waals surface area contributed by atoms with Gasteiger partial charge < -0.3 is 15.9 Å². The average molecular weight is 328 g/mol. The highest BCUT2D eigenvalue weighted by molar-refractivity contribution is 9.10. The van der Waals surface area contributed by atoms with Crippen molar-refractivity contribution < 1.29 is 28.2 Å². The molecule has 4 N–H and O–H groups in total. The number of alkyl halides is 3. The molecule has 1 aromatic rings. The van der Waals surface area contributed by atoms with Crippen LogP contribution in [0.4, 0.5) is 13.2 Å². The SMILES string of the molecule is NC(CC(=O)O)c1c(O)cc(C(F)(F)F)cc1Br. The Kier molecular flexibility index (Phi) is 4.23. The first-order valence-electron chi connectivity index (χ1n) is 4.70. The lowest BCUT2D eigenvalue weighted by Crippen LogP contribution is -2.16. The lowest BCUT2D eigenvalue weighted by molar-refractivity contribution is -0.138. The molecule has 4 nitrogen and oxygen atoms in total. The van der Waals surface area contributed by atoms with E-state index in [4.69, 9.17) is 10.8 Å². The van der Waals surface area contributed by atoms with Crippen molar-refractivity contribution in [1.29, 1.82) is 0 Å². The van der Waals surface area contributed by atoms with E-state index >= 15 is 0 Å². The van der Waals surface area contributed by atoms with Crippen molar-refractivity contribution in [1.82, 2.24) is 0 Å². The maximum absolute atomic E-state index is 12.4. The Bertz CT molecular complexity index is 453. The Hall–Kier alpha value is -1.28. The number of benzene rings is 1. The molecule has 0 aliphatic rings. The number of halogens is 4. The van der Waals surface area contributed by atoms with Crippen LogP contribution in [0.3, 0.4) is 0 Å². The maximum Gasteiger partial charge on any atom is 0.416 e. The number of carbonyl (C=O) groups is 1. The molecular weight excluding hydrogens is 319 g/mol. The number of carboxylic acids is 1. The highest BCUT2D eigenvalue weighted by Gasteiger charge is 2.32. The molecule has 0 spiro atoms. The quantitative estimate of drug-likeness (QED) is 0.796. The molecule has 1 unspecified atom stereocenters. The van der Waals surface area contributed by atoms with Gasteiger partial charge in [-0.05, 0) is 12.1 Å². The van der Waals surface area contributed by atoms with Crippen molar-refractivity contribution in [2.24, 2.45) is 5.73 Å². The lowest BCUT2D eigenvalue weighted by atomic mass is 10.0. The van der Waals surface area contributed by atoms with Gasteiger partial charge in [-0.3, -0.25) is 4.79 Å². The van der Waals surface area contributed by atoms with Gasteiger partial charge in [0, 0.05) is 16.1 Å². The van der Waals surface area contributed by atoms with Crippen LogP contribution in [0.1, 0.15) is 23.6 Å². The zero-order chi connectivity index (χ0) is 14.1. The molecular formula is C10H9BrF3NO3. The summed E-state index contributed by atoms with van der Waals surface area (Å²) in [7, 11) is 0. The Labute approximate surface area is 108 Å². The van der Waals surface area contributed by atoms with E-state index in [2.05, 4.69) is 15.9 Å². The molecule has 100 valence electrons. The normalized spacial score (nSPS) is 13.4. The number of phenols is 1. The molecule has 0 aromatic heterocycles. The van der Waals surface area contributed by atoms with Gasteiger partial charge in [0.25, 0.3) is 0 Å². The van der Waals surface area contributed by atoms with Crippen LogP contribution in [0.25, 0.3) is 0 Å². The third kappa shape index (κ3) is 3.36. The van der Waals surface area contributed by atoms with Crippen LogP contribution < -0.4 is 5.73 Å². The molecule has 0 aliphatic carbocycles. The second-order valence-corrected chi connectivity index (χ2v) is 4.45. The zero-order valence-electron chi connectivity index (χ0n) is 8.83. The number of aliphatic carboxylic acids is 1. The smallest absolute Gasteiger partial charge is 0.416 e. The molecule has 0 saturated heterocycles. The molecule has 0 saturated carbocycles. The number of carboxylic acid groups (broad SMARTS) is 1. The lowest BCUT2D eigenvalue weighted by Gasteiger charge is -2.16. The number of rotatable bonds is 3. The predicted molar refractivity (Wildman–Crippen MR) is 60.0 cm³/mol. The summed E-state index contributed by atoms with van der Waals surface area (Å²) >= 11 is 2.85. The monoisotopic (exact) mass is 327 g/mol. The van der Waals surface area contributed by atoms with Crippen LogP contribution >= 0.6 is 15.9 Å². The van der Waals surface area contributed by atoms with E-state index in [0.717, 1.165) is 6.07 Å². The van der Waals surface area contributed by atoms with Crippen molar-refractivity contribution in [2.45, 2.75) is 18.6 Å². The molecule has 0 amide bonds. The van der Waals surface area contributed by atoms with Crippen molar-refractivity contribution in [3.63, 3.8) is 0 Å². The summed E-state index contributed by atoms with van der Waals surface area (Å²) in [6, 6.07) is 0.164. The van der Waals surface area contributed by atoms with E-state index in [-0.39, 0.29) is 10.0 Å². The zero-order valence-corrected chi connectivity index (χ0v) is 10.4. The molecule has 0 aliphatic heterocycles. The van der Waals surface area contributed by atoms with Crippen LogP contribution in [-0.2, 0) is 11.0 Å². The second-order valence-electron chi connectivity index (χ2n) is 3.59. The summed E-state index contributed by atoms with van der Waals surface area (Å²) in [5.41, 5.74) is 4.40. The third-order valence-corrected chi connectivity index (χ3v) is 2.86. The Balaban J connectivity index is 3.20. The molecule has 1 atom stereocenters. The summed E-state index contributed by atoms with van der Waals surface area (Å²) in [6.07, 6.45) is -5.10. The van der Waals surface area contributed by atoms with E-state index < -0.39 is 35.9 Å². The second kappa shape index (κ2) is 5.15. The molecule has 18 heavy (non-hydrogen) atoms. The summed E-state index contributed by atoms with van der Waals surface area (Å²) in [5.74, 6) is -1.90. The van der Waals surface area contributed by atoms with Gasteiger partial charge in [0.05, 0.1) is 12.0 Å². The van der Waals surface area contributed by atoms with E-state index in [9.17, 15) is 23.1 Å². The standard InChI is InChI=1S/C10H9BrF3NO3/c11-5-1-4(10(12,13)14)2-7(16)9(5)6(15)3-8(17)18/h1-2,6,16H,3,15H2,(H,17,18). The highest BCUT2D eigenvalue weighted by atomic mass is 79.9. The third-order valence-electron chi connectivity index (χ3n) is 2.20. The summed E-state index contributed by atoms with van der Waals surface area (Å²) < 4.78 is 37.2. The van der Waals surface area contributed by atoms with Gasteiger partial charge >= 0.3 is 12.1 Å². The van der Waals surface area contributed by atoms with Crippen LogP contribution in [0.2, 0.25) is 0 Å². The fraction of sp³-hybridized carbons (Fsp3) is 0.300. The summed E-state index contributed by atoms with van der Waals surface area (Å²) in [4.78, 5) is 10.5. The Morgan fingerprint density at radius 3 is 2.39 bits per heavy atom. The molecule has 0 radical (unpaired) electrons. The number of hydrogen-bond acceptors (Lipinski definition) is 3. The predicted octanol–water partition coefficient (Wildman–Crippen LogP) is 2.65. The molecule has 0 fully saturated rings. The topological polar surface area (TPSA) is 83.6 Å². The first kappa shape index (κ1) is 14.8. The Morgan fingerprint density at radius 2 is 2.00 bits per heavy atom. The van der Waals surface area contributed by atoms with Crippen molar-refractivity contribution in [2.75, 3.05) is 0 Å². The Morgan fingerprint density at radius 1 is 1.44 bits per heavy atom. The average Bonchev–Trinajstić information content (AvgIpc) is 2.13. The van der Waals surface area contributed by atoms with Gasteiger partial charge in [-0.2, -0.15) is 13.2 Å². The van der Waals surface area contributed by atoms with Crippen LogP contribution in [0, 0.1) is 0 Å². The van der Waals surface area contributed by atoms with Gasteiger partial charge in [-0.1, -0.05) is 15.9 Å². The molecule has 0 heterocycles. The van der Waals surface area contributed by atoms with Crippen molar-refractivity contribution in [3.8, 4) is 5.75 Å². The fourth-order valence-corrected chi connectivity index (χ4v) is 2.17. The summed E-state index contributed by atoms with van der Waals surface area (Å²) in [6.45, 7) is 0. The highest BCUT2D eigenvalue weighted by Crippen LogP contribution is 2.39. The molecule has 1 aromatic carbocycles. The van der Waals surface area contributed by atoms with Gasteiger partial charge in [0.2, 0.25) is 0 Å². The van der Waals surface area contributed by atoms with E-state index in [1.807, 2.05) is 0 Å². The molecule has 0 bridgehead atoms. The van der Waals surface area contributed by atoms with Gasteiger partial charge in [0.15, 0.2) is 0 Å². The minimum atomic E-state index is -4.60.